The van der Waals surface area contributed by atoms with Crippen LogP contribution in [-0.2, 0) is 16.3 Å². The summed E-state index contributed by atoms with van der Waals surface area (Å²) in [5.41, 5.74) is 6.36. The molecule has 1 aromatic heterocycles. The third-order valence-electron chi connectivity index (χ3n) is 2.61. The number of pyridine rings is 1. The van der Waals surface area contributed by atoms with Crippen LogP contribution in [0.4, 0.5) is 0 Å². The molecule has 0 amide bonds. The van der Waals surface area contributed by atoms with Crippen LogP contribution in [0.25, 0.3) is 0 Å². The standard InChI is InChI=1S/C11H18N2O2S/c1-10(2-6-12)16(14,15)9-5-11-3-7-13-8-4-11/h3-4,7-8,10H,2,5-6,9,12H2,1H3. The Bertz CT molecular complexity index is 403. The Kier molecular flexibility index (Phi) is 4.89. The van der Waals surface area contributed by atoms with E-state index in [1.165, 1.54) is 0 Å². The van der Waals surface area contributed by atoms with Crippen LogP contribution < -0.4 is 5.73 Å². The number of nitrogens with two attached hydrogens (primary N) is 1. The number of sulfone groups is 1. The van der Waals surface area contributed by atoms with E-state index in [1.807, 2.05) is 12.1 Å². The van der Waals surface area contributed by atoms with Gasteiger partial charge in [-0.3, -0.25) is 4.98 Å². The van der Waals surface area contributed by atoms with Crippen molar-refractivity contribution in [2.45, 2.75) is 25.0 Å². The Hall–Kier alpha value is -0.940. The summed E-state index contributed by atoms with van der Waals surface area (Å²) in [6.45, 7) is 2.13. The zero-order chi connectivity index (χ0) is 12.0. The van der Waals surface area contributed by atoms with Crippen molar-refractivity contribution in [3.05, 3.63) is 30.1 Å². The van der Waals surface area contributed by atoms with Crippen molar-refractivity contribution in [3.8, 4) is 0 Å². The van der Waals surface area contributed by atoms with Gasteiger partial charge in [-0.15, -0.1) is 0 Å². The molecule has 1 unspecified atom stereocenters. The third kappa shape index (κ3) is 3.90. The zero-order valence-electron chi connectivity index (χ0n) is 9.46. The predicted molar refractivity (Wildman–Crippen MR) is 64.9 cm³/mol. The fourth-order valence-electron chi connectivity index (χ4n) is 1.43. The van der Waals surface area contributed by atoms with Crippen LogP contribution in [0, 0.1) is 0 Å². The smallest absolute Gasteiger partial charge is 0.153 e. The number of rotatable bonds is 6. The Morgan fingerprint density at radius 2 is 2.00 bits per heavy atom. The summed E-state index contributed by atoms with van der Waals surface area (Å²) in [4.78, 5) is 3.89. The average molecular weight is 242 g/mol. The zero-order valence-corrected chi connectivity index (χ0v) is 10.3. The second kappa shape index (κ2) is 5.96. The maximum atomic E-state index is 11.8. The molecule has 0 radical (unpaired) electrons. The maximum absolute atomic E-state index is 11.8. The molecule has 0 fully saturated rings. The third-order valence-corrected chi connectivity index (χ3v) is 4.85. The summed E-state index contributed by atoms with van der Waals surface area (Å²) in [6, 6.07) is 3.67. The lowest BCUT2D eigenvalue weighted by Gasteiger charge is -2.11. The van der Waals surface area contributed by atoms with E-state index >= 15 is 0 Å². The van der Waals surface area contributed by atoms with Crippen LogP contribution in [0.1, 0.15) is 18.9 Å². The molecule has 2 N–H and O–H groups in total. The number of hydrogen-bond donors (Lipinski definition) is 1. The van der Waals surface area contributed by atoms with Crippen molar-refractivity contribution in [3.63, 3.8) is 0 Å². The highest BCUT2D eigenvalue weighted by atomic mass is 32.2. The van der Waals surface area contributed by atoms with Gasteiger partial charge in [-0.05, 0) is 44.0 Å². The first kappa shape index (κ1) is 13.1. The van der Waals surface area contributed by atoms with Crippen LogP contribution in [0.15, 0.2) is 24.5 Å². The highest BCUT2D eigenvalue weighted by Gasteiger charge is 2.19. The molecule has 0 aliphatic rings. The molecule has 0 saturated heterocycles. The number of aryl methyl sites for hydroxylation is 1. The Balaban J connectivity index is 2.55. The fraction of sp³-hybridized carbons (Fsp3) is 0.545. The summed E-state index contributed by atoms with van der Waals surface area (Å²) < 4.78 is 23.6. The first-order valence-electron chi connectivity index (χ1n) is 5.37. The molecule has 0 aliphatic carbocycles. The van der Waals surface area contributed by atoms with Gasteiger partial charge in [0.15, 0.2) is 9.84 Å². The number of hydrogen-bond acceptors (Lipinski definition) is 4. The quantitative estimate of drug-likeness (QED) is 0.800. The molecule has 90 valence electrons. The highest BCUT2D eigenvalue weighted by Crippen LogP contribution is 2.08. The number of aromatic nitrogens is 1. The molecule has 1 atom stereocenters. The van der Waals surface area contributed by atoms with E-state index in [-0.39, 0.29) is 11.0 Å². The molecule has 0 saturated carbocycles. The Labute approximate surface area is 96.8 Å². The lowest BCUT2D eigenvalue weighted by molar-refractivity contribution is 0.577. The van der Waals surface area contributed by atoms with Crippen LogP contribution in [0.2, 0.25) is 0 Å². The number of nitrogens with zero attached hydrogens (tertiary/aromatic N) is 1. The van der Waals surface area contributed by atoms with E-state index in [4.69, 9.17) is 5.73 Å². The minimum Gasteiger partial charge on any atom is -0.330 e. The molecule has 5 heteroatoms. The molecular formula is C11H18N2O2S. The summed E-state index contributed by atoms with van der Waals surface area (Å²) in [5, 5.41) is -0.348. The van der Waals surface area contributed by atoms with Gasteiger partial charge < -0.3 is 5.73 Å². The first-order valence-corrected chi connectivity index (χ1v) is 7.08. The van der Waals surface area contributed by atoms with E-state index in [1.54, 1.807) is 19.3 Å². The van der Waals surface area contributed by atoms with Crippen molar-refractivity contribution in [1.82, 2.24) is 4.98 Å². The van der Waals surface area contributed by atoms with E-state index in [0.717, 1.165) is 5.56 Å². The monoisotopic (exact) mass is 242 g/mol. The van der Waals surface area contributed by atoms with E-state index in [0.29, 0.717) is 19.4 Å². The van der Waals surface area contributed by atoms with E-state index < -0.39 is 9.84 Å². The molecular weight excluding hydrogens is 224 g/mol. The van der Waals surface area contributed by atoms with Crippen LogP contribution >= 0.6 is 0 Å². The lowest BCUT2D eigenvalue weighted by atomic mass is 10.2. The van der Waals surface area contributed by atoms with Crippen molar-refractivity contribution in [2.75, 3.05) is 12.3 Å². The van der Waals surface area contributed by atoms with Crippen molar-refractivity contribution in [2.24, 2.45) is 5.73 Å². The fourth-order valence-corrected chi connectivity index (χ4v) is 2.84. The molecule has 4 nitrogen and oxygen atoms in total. The van der Waals surface area contributed by atoms with Gasteiger partial charge in [0.05, 0.1) is 11.0 Å². The second-order valence-electron chi connectivity index (χ2n) is 3.86. The summed E-state index contributed by atoms with van der Waals surface area (Å²) in [5.74, 6) is 0.179. The van der Waals surface area contributed by atoms with Gasteiger partial charge in [-0.25, -0.2) is 8.42 Å². The molecule has 0 aromatic carbocycles. The van der Waals surface area contributed by atoms with Crippen molar-refractivity contribution in [1.29, 1.82) is 0 Å². The van der Waals surface area contributed by atoms with Gasteiger partial charge in [0, 0.05) is 12.4 Å². The molecule has 0 aliphatic heterocycles. The largest absolute Gasteiger partial charge is 0.330 e. The van der Waals surface area contributed by atoms with Gasteiger partial charge in [0.1, 0.15) is 0 Å². The second-order valence-corrected chi connectivity index (χ2v) is 6.40. The van der Waals surface area contributed by atoms with Crippen LogP contribution in [0.5, 0.6) is 0 Å². The molecule has 1 rings (SSSR count). The molecule has 1 heterocycles. The molecule has 0 spiro atoms. The Morgan fingerprint density at radius 1 is 1.38 bits per heavy atom. The van der Waals surface area contributed by atoms with Gasteiger partial charge >= 0.3 is 0 Å². The minimum absolute atomic E-state index is 0.179. The summed E-state index contributed by atoms with van der Waals surface area (Å²) in [7, 11) is -3.02. The molecule has 16 heavy (non-hydrogen) atoms. The Morgan fingerprint density at radius 3 is 2.56 bits per heavy atom. The molecule has 0 bridgehead atoms. The maximum Gasteiger partial charge on any atom is 0.153 e. The van der Waals surface area contributed by atoms with Crippen molar-refractivity contribution >= 4 is 9.84 Å². The molecule has 1 aromatic rings. The predicted octanol–water partition coefficient (Wildman–Crippen LogP) is 0.776. The summed E-state index contributed by atoms with van der Waals surface area (Å²) >= 11 is 0. The van der Waals surface area contributed by atoms with E-state index in [9.17, 15) is 8.42 Å². The normalized spacial score (nSPS) is 13.6. The van der Waals surface area contributed by atoms with Crippen LogP contribution in [-0.4, -0.2) is 30.9 Å². The SMILES string of the molecule is CC(CCN)S(=O)(=O)CCc1ccncc1. The van der Waals surface area contributed by atoms with Gasteiger partial charge in [-0.1, -0.05) is 0 Å². The summed E-state index contributed by atoms with van der Waals surface area (Å²) in [6.07, 6.45) is 4.41. The highest BCUT2D eigenvalue weighted by molar-refractivity contribution is 7.92. The first-order chi connectivity index (χ1) is 7.56. The van der Waals surface area contributed by atoms with Crippen LogP contribution in [0.3, 0.4) is 0 Å². The minimum atomic E-state index is -3.02. The topological polar surface area (TPSA) is 73.1 Å². The van der Waals surface area contributed by atoms with Gasteiger partial charge in [-0.2, -0.15) is 0 Å². The van der Waals surface area contributed by atoms with Gasteiger partial charge in [0.2, 0.25) is 0 Å². The van der Waals surface area contributed by atoms with Gasteiger partial charge in [0.25, 0.3) is 0 Å². The van der Waals surface area contributed by atoms with E-state index in [2.05, 4.69) is 4.98 Å². The lowest BCUT2D eigenvalue weighted by Crippen LogP contribution is -2.24. The van der Waals surface area contributed by atoms with Crippen molar-refractivity contribution < 1.29 is 8.42 Å². The average Bonchev–Trinajstić information content (AvgIpc) is 2.28.